The highest BCUT2D eigenvalue weighted by Crippen LogP contribution is 2.32. The van der Waals surface area contributed by atoms with Crippen LogP contribution >= 0.6 is 11.3 Å². The highest BCUT2D eigenvalue weighted by molar-refractivity contribution is 7.91. The average Bonchev–Trinajstić information content (AvgIpc) is 3.11. The predicted octanol–water partition coefficient (Wildman–Crippen LogP) is 2.55. The molecule has 3 rings (SSSR count). The Morgan fingerprint density at radius 3 is 2.70 bits per heavy atom. The van der Waals surface area contributed by atoms with Crippen molar-refractivity contribution in [3.63, 3.8) is 0 Å². The van der Waals surface area contributed by atoms with Crippen molar-refractivity contribution in [3.05, 3.63) is 63.6 Å². The smallest absolute Gasteiger partial charge is 0.251 e. The Balaban J connectivity index is 1.85. The monoisotopic (exact) mass is 404 g/mol. The van der Waals surface area contributed by atoms with Crippen LogP contribution in [0.15, 0.2) is 39.6 Å². The van der Waals surface area contributed by atoms with Crippen LogP contribution in [0.5, 0.6) is 0 Å². The summed E-state index contributed by atoms with van der Waals surface area (Å²) in [6.45, 7) is 5.58. The molecule has 0 saturated carbocycles. The maximum Gasteiger partial charge on any atom is 0.251 e. The van der Waals surface area contributed by atoms with Gasteiger partial charge in [-0.1, -0.05) is 6.92 Å². The molecule has 142 valence electrons. The molecule has 0 radical (unpaired) electrons. The number of H-pyrrole nitrogens is 1. The van der Waals surface area contributed by atoms with Crippen LogP contribution in [0.25, 0.3) is 10.4 Å². The summed E-state index contributed by atoms with van der Waals surface area (Å²) in [7, 11) is -3.67. The number of nitrogens with one attached hydrogen (secondary N) is 2. The van der Waals surface area contributed by atoms with E-state index in [1.165, 1.54) is 6.20 Å². The van der Waals surface area contributed by atoms with Gasteiger partial charge in [-0.2, -0.15) is 0 Å². The van der Waals surface area contributed by atoms with Crippen molar-refractivity contribution in [2.75, 3.05) is 0 Å². The molecule has 0 aliphatic carbocycles. The van der Waals surface area contributed by atoms with Gasteiger partial charge in [0.15, 0.2) is 0 Å². The quantitative estimate of drug-likeness (QED) is 0.657. The van der Waals surface area contributed by atoms with Crippen LogP contribution in [-0.2, 0) is 23.0 Å². The van der Waals surface area contributed by atoms with E-state index in [-0.39, 0.29) is 16.3 Å². The topological polar surface area (TPSA) is 105 Å². The van der Waals surface area contributed by atoms with Gasteiger partial charge in [0.25, 0.3) is 5.56 Å². The Kier molecular flexibility index (Phi) is 5.54. The first-order valence-corrected chi connectivity index (χ1v) is 10.7. The van der Waals surface area contributed by atoms with E-state index in [0.717, 1.165) is 27.5 Å². The van der Waals surface area contributed by atoms with Gasteiger partial charge in [-0.05, 0) is 38.5 Å². The molecule has 3 aromatic rings. The van der Waals surface area contributed by atoms with Crippen LogP contribution in [-0.4, -0.2) is 23.4 Å². The van der Waals surface area contributed by atoms with Crippen LogP contribution in [0.1, 0.15) is 29.6 Å². The van der Waals surface area contributed by atoms with Crippen LogP contribution in [0.2, 0.25) is 0 Å². The SMILES string of the molecule is CCc1cc(-c2ccc(S(=O)(=O)NCc3cncc(C)n3)s2)c(C)[nH]c1=O. The lowest BCUT2D eigenvalue weighted by Gasteiger charge is -2.06. The van der Waals surface area contributed by atoms with Gasteiger partial charge in [-0.15, -0.1) is 11.3 Å². The van der Waals surface area contributed by atoms with Gasteiger partial charge in [-0.3, -0.25) is 14.8 Å². The Morgan fingerprint density at radius 2 is 2.00 bits per heavy atom. The van der Waals surface area contributed by atoms with Gasteiger partial charge in [0, 0.05) is 34.1 Å². The fourth-order valence-electron chi connectivity index (χ4n) is 2.63. The standard InChI is InChI=1S/C18H20N4O3S2/c1-4-13-7-15(12(3)22-18(13)23)16-5-6-17(26-16)27(24,25)20-10-14-9-19-8-11(2)21-14/h5-9,20H,4,10H2,1-3H3,(H,22,23). The zero-order valence-electron chi connectivity index (χ0n) is 15.2. The largest absolute Gasteiger partial charge is 0.326 e. The molecule has 0 aliphatic heterocycles. The molecular weight excluding hydrogens is 384 g/mol. The molecule has 0 spiro atoms. The lowest BCUT2D eigenvalue weighted by atomic mass is 10.1. The summed E-state index contributed by atoms with van der Waals surface area (Å²) < 4.78 is 27.9. The van der Waals surface area contributed by atoms with Gasteiger partial charge in [0.05, 0.1) is 17.9 Å². The van der Waals surface area contributed by atoms with Crippen LogP contribution in [0.4, 0.5) is 0 Å². The number of aromatic nitrogens is 3. The maximum atomic E-state index is 12.6. The third-order valence-electron chi connectivity index (χ3n) is 4.06. The molecule has 3 heterocycles. The van der Waals surface area contributed by atoms with E-state index in [0.29, 0.717) is 23.4 Å². The first kappa shape index (κ1) is 19.4. The number of hydrogen-bond acceptors (Lipinski definition) is 6. The minimum absolute atomic E-state index is 0.0713. The lowest BCUT2D eigenvalue weighted by molar-refractivity contribution is 0.582. The van der Waals surface area contributed by atoms with E-state index in [4.69, 9.17) is 0 Å². The van der Waals surface area contributed by atoms with Gasteiger partial charge in [-0.25, -0.2) is 13.1 Å². The number of thiophene rings is 1. The maximum absolute atomic E-state index is 12.6. The van der Waals surface area contributed by atoms with E-state index >= 15 is 0 Å². The van der Waals surface area contributed by atoms with E-state index in [1.807, 2.05) is 13.0 Å². The van der Waals surface area contributed by atoms with Gasteiger partial charge >= 0.3 is 0 Å². The number of nitrogens with zero attached hydrogens (tertiary/aromatic N) is 2. The number of aromatic amines is 1. The summed E-state index contributed by atoms with van der Waals surface area (Å²) in [6.07, 6.45) is 3.75. The summed E-state index contributed by atoms with van der Waals surface area (Å²) in [5.74, 6) is 0. The normalized spacial score (nSPS) is 11.7. The molecule has 0 amide bonds. The highest BCUT2D eigenvalue weighted by atomic mass is 32.2. The number of aryl methyl sites for hydroxylation is 3. The molecule has 0 aliphatic rings. The fourth-order valence-corrected chi connectivity index (χ4v) is 5.06. The Morgan fingerprint density at radius 1 is 1.22 bits per heavy atom. The van der Waals surface area contributed by atoms with Crippen molar-refractivity contribution >= 4 is 21.4 Å². The molecule has 0 fully saturated rings. The molecule has 2 N–H and O–H groups in total. The minimum Gasteiger partial charge on any atom is -0.326 e. The van der Waals surface area contributed by atoms with E-state index in [1.54, 1.807) is 32.2 Å². The van der Waals surface area contributed by atoms with Crippen LogP contribution < -0.4 is 10.3 Å². The minimum atomic E-state index is -3.67. The fraction of sp³-hybridized carbons (Fsp3) is 0.278. The van der Waals surface area contributed by atoms with Gasteiger partial charge < -0.3 is 4.98 Å². The molecule has 0 aromatic carbocycles. The van der Waals surface area contributed by atoms with Crippen molar-refractivity contribution in [1.82, 2.24) is 19.7 Å². The Bertz CT molecular complexity index is 1130. The number of pyridine rings is 1. The van der Waals surface area contributed by atoms with E-state index < -0.39 is 10.0 Å². The van der Waals surface area contributed by atoms with Crippen LogP contribution in [0, 0.1) is 13.8 Å². The number of hydrogen-bond donors (Lipinski definition) is 2. The third kappa shape index (κ3) is 4.32. The molecular formula is C18H20N4O3S2. The predicted molar refractivity (Wildman–Crippen MR) is 105 cm³/mol. The molecule has 3 aromatic heterocycles. The Labute approximate surface area is 161 Å². The number of rotatable bonds is 6. The second-order valence-corrected chi connectivity index (χ2v) is 9.19. The average molecular weight is 405 g/mol. The van der Waals surface area contributed by atoms with Crippen molar-refractivity contribution in [2.45, 2.75) is 37.9 Å². The van der Waals surface area contributed by atoms with Crippen molar-refractivity contribution in [3.8, 4) is 10.4 Å². The second-order valence-electron chi connectivity index (χ2n) is 6.11. The first-order valence-electron chi connectivity index (χ1n) is 8.40. The molecule has 27 heavy (non-hydrogen) atoms. The van der Waals surface area contributed by atoms with Gasteiger partial charge in [0.1, 0.15) is 4.21 Å². The van der Waals surface area contributed by atoms with Gasteiger partial charge in [0.2, 0.25) is 10.0 Å². The lowest BCUT2D eigenvalue weighted by Crippen LogP contribution is -2.23. The second kappa shape index (κ2) is 7.71. The summed E-state index contributed by atoms with van der Waals surface area (Å²) in [6, 6.07) is 5.15. The molecule has 7 nitrogen and oxygen atoms in total. The summed E-state index contributed by atoms with van der Waals surface area (Å²) in [4.78, 5) is 23.8. The van der Waals surface area contributed by atoms with E-state index in [2.05, 4.69) is 19.7 Å². The van der Waals surface area contributed by atoms with Crippen LogP contribution in [0.3, 0.4) is 0 Å². The third-order valence-corrected chi connectivity index (χ3v) is 7.07. The van der Waals surface area contributed by atoms with Crippen molar-refractivity contribution < 1.29 is 8.42 Å². The summed E-state index contributed by atoms with van der Waals surface area (Å²) in [5, 5.41) is 0. The summed E-state index contributed by atoms with van der Waals surface area (Å²) in [5.41, 5.74) is 3.40. The zero-order valence-corrected chi connectivity index (χ0v) is 16.9. The Hall–Kier alpha value is -2.36. The van der Waals surface area contributed by atoms with Crippen molar-refractivity contribution in [1.29, 1.82) is 0 Å². The summed E-state index contributed by atoms with van der Waals surface area (Å²) >= 11 is 1.16. The number of sulfonamides is 1. The molecule has 0 bridgehead atoms. The highest BCUT2D eigenvalue weighted by Gasteiger charge is 2.18. The van der Waals surface area contributed by atoms with E-state index in [9.17, 15) is 13.2 Å². The molecule has 9 heteroatoms. The molecule has 0 unspecified atom stereocenters. The first-order chi connectivity index (χ1) is 12.8. The van der Waals surface area contributed by atoms with Crippen molar-refractivity contribution in [2.24, 2.45) is 0 Å². The molecule has 0 saturated heterocycles. The molecule has 0 atom stereocenters. The zero-order chi connectivity index (χ0) is 19.6.